The average Bonchev–Trinajstić information content (AvgIpc) is 2.44. The van der Waals surface area contributed by atoms with Gasteiger partial charge in [-0.2, -0.15) is 0 Å². The van der Waals surface area contributed by atoms with Crippen LogP contribution in [0.1, 0.15) is 38.2 Å². The lowest BCUT2D eigenvalue weighted by Gasteiger charge is -2.23. The van der Waals surface area contributed by atoms with Crippen LogP contribution in [-0.2, 0) is 0 Å². The lowest BCUT2D eigenvalue weighted by Crippen LogP contribution is -2.35. The fourth-order valence-electron chi connectivity index (χ4n) is 2.31. The Morgan fingerprint density at radius 1 is 1.26 bits per heavy atom. The van der Waals surface area contributed by atoms with Gasteiger partial charge in [0.2, 0.25) is 11.8 Å². The Morgan fingerprint density at radius 3 is 2.74 bits per heavy atom. The summed E-state index contributed by atoms with van der Waals surface area (Å²) < 4.78 is 11.2. The van der Waals surface area contributed by atoms with E-state index >= 15 is 0 Å². The van der Waals surface area contributed by atoms with Gasteiger partial charge in [0.25, 0.3) is 0 Å². The predicted octanol–water partition coefficient (Wildman–Crippen LogP) is 2.09. The summed E-state index contributed by atoms with van der Waals surface area (Å²) in [5.74, 6) is 1.25. The summed E-state index contributed by atoms with van der Waals surface area (Å²) >= 11 is 0. The quantitative estimate of drug-likeness (QED) is 0.853. The molecule has 2 rings (SSSR count). The van der Waals surface area contributed by atoms with Gasteiger partial charge in [0.1, 0.15) is 6.33 Å². The zero-order valence-electron chi connectivity index (χ0n) is 11.8. The van der Waals surface area contributed by atoms with Gasteiger partial charge in [0.15, 0.2) is 0 Å². The summed E-state index contributed by atoms with van der Waals surface area (Å²) in [7, 11) is 0. The zero-order valence-corrected chi connectivity index (χ0v) is 11.8. The molecule has 0 spiro atoms. The second-order valence-corrected chi connectivity index (χ2v) is 4.83. The third-order valence-electron chi connectivity index (χ3n) is 3.39. The normalized spacial score (nSPS) is 19.2. The molecule has 19 heavy (non-hydrogen) atoms. The SMILES string of the molecule is CCOc1ncnc(OCCC2CCCCN2)c1C. The Hall–Kier alpha value is -1.36. The molecule has 0 aromatic carbocycles. The number of ether oxygens (including phenoxy) is 2. The van der Waals surface area contributed by atoms with E-state index in [1.165, 1.54) is 25.6 Å². The van der Waals surface area contributed by atoms with Crippen LogP contribution in [0.25, 0.3) is 0 Å². The summed E-state index contributed by atoms with van der Waals surface area (Å²) in [4.78, 5) is 8.27. The Kier molecular flexibility index (Phi) is 5.39. The maximum absolute atomic E-state index is 5.76. The molecule has 1 unspecified atom stereocenters. The van der Waals surface area contributed by atoms with Crippen LogP contribution in [0.4, 0.5) is 0 Å². The lowest BCUT2D eigenvalue weighted by molar-refractivity contribution is 0.254. The number of aromatic nitrogens is 2. The van der Waals surface area contributed by atoms with Crippen molar-refractivity contribution in [2.45, 2.75) is 45.6 Å². The van der Waals surface area contributed by atoms with E-state index in [-0.39, 0.29) is 0 Å². The minimum atomic E-state index is 0.585. The molecule has 1 aliphatic heterocycles. The molecular weight excluding hydrogens is 242 g/mol. The second kappa shape index (κ2) is 7.28. The zero-order chi connectivity index (χ0) is 13.5. The van der Waals surface area contributed by atoms with Crippen LogP contribution >= 0.6 is 0 Å². The van der Waals surface area contributed by atoms with E-state index in [0.29, 0.717) is 31.0 Å². The Balaban J connectivity index is 1.83. The summed E-state index contributed by atoms with van der Waals surface area (Å²) in [6, 6.07) is 0.585. The first kappa shape index (κ1) is 14.1. The third kappa shape index (κ3) is 4.06. The van der Waals surface area contributed by atoms with Crippen LogP contribution in [0.5, 0.6) is 11.8 Å². The summed E-state index contributed by atoms with van der Waals surface area (Å²) in [5, 5.41) is 3.51. The van der Waals surface area contributed by atoms with Crippen molar-refractivity contribution in [2.75, 3.05) is 19.8 Å². The summed E-state index contributed by atoms with van der Waals surface area (Å²) in [6.45, 7) is 6.28. The predicted molar refractivity (Wildman–Crippen MR) is 73.7 cm³/mol. The minimum Gasteiger partial charge on any atom is -0.478 e. The van der Waals surface area contributed by atoms with E-state index in [0.717, 1.165) is 18.5 Å². The van der Waals surface area contributed by atoms with Crippen molar-refractivity contribution in [2.24, 2.45) is 0 Å². The molecule has 0 bridgehead atoms. The highest BCUT2D eigenvalue weighted by Gasteiger charge is 2.13. The molecule has 106 valence electrons. The number of rotatable bonds is 6. The molecule has 0 saturated carbocycles. The first-order chi connectivity index (χ1) is 9.31. The van der Waals surface area contributed by atoms with Gasteiger partial charge in [0, 0.05) is 6.04 Å². The fraction of sp³-hybridized carbons (Fsp3) is 0.714. The molecule has 1 N–H and O–H groups in total. The molecule has 1 aromatic rings. The maximum atomic E-state index is 5.76. The lowest BCUT2D eigenvalue weighted by atomic mass is 10.0. The van der Waals surface area contributed by atoms with Gasteiger partial charge in [-0.05, 0) is 39.7 Å². The fourth-order valence-corrected chi connectivity index (χ4v) is 2.31. The van der Waals surface area contributed by atoms with Crippen LogP contribution in [0, 0.1) is 6.92 Å². The van der Waals surface area contributed by atoms with E-state index in [2.05, 4.69) is 15.3 Å². The molecular formula is C14H23N3O2. The minimum absolute atomic E-state index is 0.585. The highest BCUT2D eigenvalue weighted by atomic mass is 16.5. The van der Waals surface area contributed by atoms with Crippen LogP contribution in [-0.4, -0.2) is 35.8 Å². The van der Waals surface area contributed by atoms with Gasteiger partial charge < -0.3 is 14.8 Å². The molecule has 1 fully saturated rings. The number of nitrogens with zero attached hydrogens (tertiary/aromatic N) is 2. The van der Waals surface area contributed by atoms with Gasteiger partial charge in [-0.25, -0.2) is 9.97 Å². The third-order valence-corrected chi connectivity index (χ3v) is 3.39. The molecule has 1 atom stereocenters. The molecule has 5 nitrogen and oxygen atoms in total. The molecule has 0 radical (unpaired) electrons. The first-order valence-corrected chi connectivity index (χ1v) is 7.12. The number of hydrogen-bond donors (Lipinski definition) is 1. The Morgan fingerprint density at radius 2 is 2.05 bits per heavy atom. The van der Waals surface area contributed by atoms with E-state index in [1.54, 1.807) is 0 Å². The molecule has 0 aliphatic carbocycles. The van der Waals surface area contributed by atoms with Crippen molar-refractivity contribution >= 4 is 0 Å². The van der Waals surface area contributed by atoms with Crippen LogP contribution in [0.3, 0.4) is 0 Å². The van der Waals surface area contributed by atoms with E-state index in [1.807, 2.05) is 13.8 Å². The molecule has 0 amide bonds. The van der Waals surface area contributed by atoms with E-state index in [4.69, 9.17) is 9.47 Å². The van der Waals surface area contributed by atoms with Crippen LogP contribution < -0.4 is 14.8 Å². The molecule has 1 aliphatic rings. The van der Waals surface area contributed by atoms with Crippen molar-refractivity contribution < 1.29 is 9.47 Å². The monoisotopic (exact) mass is 265 g/mol. The highest BCUT2D eigenvalue weighted by Crippen LogP contribution is 2.22. The smallest absolute Gasteiger partial charge is 0.223 e. The maximum Gasteiger partial charge on any atom is 0.223 e. The molecule has 5 heteroatoms. The van der Waals surface area contributed by atoms with E-state index < -0.39 is 0 Å². The first-order valence-electron chi connectivity index (χ1n) is 7.12. The largest absolute Gasteiger partial charge is 0.478 e. The molecule has 1 saturated heterocycles. The van der Waals surface area contributed by atoms with Crippen molar-refractivity contribution in [3.8, 4) is 11.8 Å². The summed E-state index contributed by atoms with van der Waals surface area (Å²) in [6.07, 6.45) is 6.37. The number of piperidine rings is 1. The van der Waals surface area contributed by atoms with Crippen molar-refractivity contribution in [3.63, 3.8) is 0 Å². The van der Waals surface area contributed by atoms with Crippen LogP contribution in [0.2, 0.25) is 0 Å². The highest BCUT2D eigenvalue weighted by molar-refractivity contribution is 5.32. The topological polar surface area (TPSA) is 56.3 Å². The Bertz CT molecular complexity index is 392. The van der Waals surface area contributed by atoms with Crippen molar-refractivity contribution in [3.05, 3.63) is 11.9 Å². The van der Waals surface area contributed by atoms with Gasteiger partial charge in [0.05, 0.1) is 18.8 Å². The van der Waals surface area contributed by atoms with Gasteiger partial charge >= 0.3 is 0 Å². The van der Waals surface area contributed by atoms with E-state index in [9.17, 15) is 0 Å². The van der Waals surface area contributed by atoms with Crippen molar-refractivity contribution in [1.82, 2.24) is 15.3 Å². The Labute approximate surface area is 114 Å². The van der Waals surface area contributed by atoms with Gasteiger partial charge in [-0.15, -0.1) is 0 Å². The molecule has 2 heterocycles. The standard InChI is InChI=1S/C14H23N3O2/c1-3-18-13-11(2)14(17-10-16-13)19-9-7-12-6-4-5-8-15-12/h10,12,15H,3-9H2,1-2H3. The molecule has 1 aromatic heterocycles. The average molecular weight is 265 g/mol. The van der Waals surface area contributed by atoms with Gasteiger partial charge in [-0.1, -0.05) is 6.42 Å². The second-order valence-electron chi connectivity index (χ2n) is 4.83. The van der Waals surface area contributed by atoms with Gasteiger partial charge in [-0.3, -0.25) is 0 Å². The van der Waals surface area contributed by atoms with Crippen LogP contribution in [0.15, 0.2) is 6.33 Å². The van der Waals surface area contributed by atoms with Crippen molar-refractivity contribution in [1.29, 1.82) is 0 Å². The number of nitrogens with one attached hydrogen (secondary N) is 1. The number of hydrogen-bond acceptors (Lipinski definition) is 5. The summed E-state index contributed by atoms with van der Waals surface area (Å²) in [5.41, 5.74) is 0.876.